The normalized spacial score (nSPS) is 18.2. The summed E-state index contributed by atoms with van der Waals surface area (Å²) in [6.45, 7) is 2.18. The molecule has 0 bridgehead atoms. The van der Waals surface area contributed by atoms with Gasteiger partial charge in [0.15, 0.2) is 0 Å². The summed E-state index contributed by atoms with van der Waals surface area (Å²) in [5.41, 5.74) is 7.00. The third-order valence-electron chi connectivity index (χ3n) is 3.62. The lowest BCUT2D eigenvalue weighted by Gasteiger charge is -2.17. The number of rotatable bonds is 3. The monoisotopic (exact) mass is 284 g/mol. The summed E-state index contributed by atoms with van der Waals surface area (Å²) in [7, 11) is 0. The molecule has 1 saturated heterocycles. The van der Waals surface area contributed by atoms with Crippen molar-refractivity contribution in [1.82, 2.24) is 9.78 Å². The van der Waals surface area contributed by atoms with E-state index in [0.29, 0.717) is 12.4 Å². The van der Waals surface area contributed by atoms with Crippen LogP contribution in [0.25, 0.3) is 5.69 Å². The maximum Gasteiger partial charge on any atom is 0.229 e. The molecule has 2 aromatic rings. The van der Waals surface area contributed by atoms with E-state index in [9.17, 15) is 9.59 Å². The minimum absolute atomic E-state index is 0.101. The number of hydrogen-bond acceptors (Lipinski definition) is 3. The van der Waals surface area contributed by atoms with Gasteiger partial charge in [-0.2, -0.15) is 5.10 Å². The van der Waals surface area contributed by atoms with Gasteiger partial charge in [0.1, 0.15) is 5.82 Å². The molecule has 1 aliphatic heterocycles. The molecular formula is C15H16N4O2. The summed E-state index contributed by atoms with van der Waals surface area (Å²) in [4.78, 5) is 25.1. The topological polar surface area (TPSA) is 81.2 Å². The molecular weight excluding hydrogens is 268 g/mol. The molecule has 2 heterocycles. The van der Waals surface area contributed by atoms with Crippen LogP contribution in [0.2, 0.25) is 0 Å². The van der Waals surface area contributed by atoms with E-state index in [1.54, 1.807) is 9.58 Å². The quantitative estimate of drug-likeness (QED) is 0.913. The average Bonchev–Trinajstić information content (AvgIpc) is 3.03. The Morgan fingerprint density at radius 3 is 2.67 bits per heavy atom. The van der Waals surface area contributed by atoms with Crippen molar-refractivity contribution in [2.24, 2.45) is 11.7 Å². The predicted molar refractivity (Wildman–Crippen MR) is 78.0 cm³/mol. The minimum Gasteiger partial charge on any atom is -0.369 e. The highest BCUT2D eigenvalue weighted by Gasteiger charge is 2.35. The second-order valence-corrected chi connectivity index (χ2v) is 5.20. The van der Waals surface area contributed by atoms with Gasteiger partial charge in [0.25, 0.3) is 0 Å². The van der Waals surface area contributed by atoms with Crippen LogP contribution in [0.3, 0.4) is 0 Å². The zero-order valence-corrected chi connectivity index (χ0v) is 11.7. The van der Waals surface area contributed by atoms with E-state index in [2.05, 4.69) is 5.10 Å². The lowest BCUT2D eigenvalue weighted by atomic mass is 10.1. The van der Waals surface area contributed by atoms with Crippen LogP contribution in [0.5, 0.6) is 0 Å². The van der Waals surface area contributed by atoms with Gasteiger partial charge in [0.2, 0.25) is 11.8 Å². The number of para-hydroxylation sites is 1. The van der Waals surface area contributed by atoms with Crippen LogP contribution in [0.1, 0.15) is 12.1 Å². The molecule has 1 fully saturated rings. The molecule has 2 amide bonds. The standard InChI is InChI=1S/C15H16N4O2/c1-10-7-13(18-9-11(15(16)21)8-14(18)20)19(17-10)12-5-3-2-4-6-12/h2-7,11H,8-9H2,1H3,(H2,16,21). The predicted octanol–water partition coefficient (Wildman–Crippen LogP) is 1.02. The molecule has 0 saturated carbocycles. The third kappa shape index (κ3) is 2.40. The van der Waals surface area contributed by atoms with Gasteiger partial charge in [0.05, 0.1) is 17.3 Å². The van der Waals surface area contributed by atoms with E-state index >= 15 is 0 Å². The Morgan fingerprint density at radius 1 is 1.33 bits per heavy atom. The number of amides is 2. The fourth-order valence-corrected chi connectivity index (χ4v) is 2.56. The number of carbonyl (C=O) groups is 2. The fraction of sp³-hybridized carbons (Fsp3) is 0.267. The first-order valence-electron chi connectivity index (χ1n) is 6.78. The van der Waals surface area contributed by atoms with Gasteiger partial charge in [-0.1, -0.05) is 18.2 Å². The highest BCUT2D eigenvalue weighted by Crippen LogP contribution is 2.27. The summed E-state index contributed by atoms with van der Waals surface area (Å²) in [6, 6.07) is 11.4. The van der Waals surface area contributed by atoms with Crippen LogP contribution in [0, 0.1) is 12.8 Å². The van der Waals surface area contributed by atoms with Crippen LogP contribution in [0.15, 0.2) is 36.4 Å². The van der Waals surface area contributed by atoms with Crippen LogP contribution in [-0.4, -0.2) is 28.1 Å². The number of aryl methyl sites for hydroxylation is 1. The molecule has 1 aromatic carbocycles. The van der Waals surface area contributed by atoms with Gasteiger partial charge in [-0.25, -0.2) is 4.68 Å². The Balaban J connectivity index is 2.00. The maximum atomic E-state index is 12.2. The number of nitrogens with two attached hydrogens (primary N) is 1. The fourth-order valence-electron chi connectivity index (χ4n) is 2.56. The lowest BCUT2D eigenvalue weighted by Crippen LogP contribution is -2.29. The van der Waals surface area contributed by atoms with Crippen LogP contribution >= 0.6 is 0 Å². The molecule has 1 aromatic heterocycles. The summed E-state index contributed by atoms with van der Waals surface area (Å²) >= 11 is 0. The Hall–Kier alpha value is -2.63. The summed E-state index contributed by atoms with van der Waals surface area (Å²) < 4.78 is 1.72. The highest BCUT2D eigenvalue weighted by molar-refractivity contribution is 5.99. The van der Waals surface area contributed by atoms with E-state index in [0.717, 1.165) is 11.4 Å². The molecule has 1 unspecified atom stereocenters. The van der Waals surface area contributed by atoms with Crippen molar-refractivity contribution >= 4 is 17.6 Å². The summed E-state index contributed by atoms with van der Waals surface area (Å²) in [5.74, 6) is -0.298. The Kier molecular flexibility index (Phi) is 3.21. The second kappa shape index (κ2) is 5.05. The Bertz CT molecular complexity index is 693. The van der Waals surface area contributed by atoms with Crippen molar-refractivity contribution in [3.05, 3.63) is 42.1 Å². The second-order valence-electron chi connectivity index (χ2n) is 5.20. The molecule has 2 N–H and O–H groups in total. The first kappa shape index (κ1) is 13.4. The molecule has 108 valence electrons. The van der Waals surface area contributed by atoms with Crippen molar-refractivity contribution in [3.8, 4) is 5.69 Å². The molecule has 3 rings (SSSR count). The number of aromatic nitrogens is 2. The molecule has 21 heavy (non-hydrogen) atoms. The third-order valence-corrected chi connectivity index (χ3v) is 3.62. The number of nitrogens with zero attached hydrogens (tertiary/aromatic N) is 3. The van der Waals surface area contributed by atoms with Crippen molar-refractivity contribution < 1.29 is 9.59 Å². The van der Waals surface area contributed by atoms with E-state index < -0.39 is 11.8 Å². The van der Waals surface area contributed by atoms with Crippen LogP contribution in [0.4, 0.5) is 5.82 Å². The molecule has 0 radical (unpaired) electrons. The lowest BCUT2D eigenvalue weighted by molar-refractivity contribution is -0.123. The van der Waals surface area contributed by atoms with Gasteiger partial charge < -0.3 is 5.73 Å². The zero-order chi connectivity index (χ0) is 15.0. The van der Waals surface area contributed by atoms with E-state index in [4.69, 9.17) is 5.73 Å². The molecule has 0 aliphatic carbocycles. The number of carbonyl (C=O) groups excluding carboxylic acids is 2. The smallest absolute Gasteiger partial charge is 0.229 e. The first-order chi connectivity index (χ1) is 10.1. The van der Waals surface area contributed by atoms with Gasteiger partial charge in [-0.05, 0) is 19.1 Å². The van der Waals surface area contributed by atoms with Crippen molar-refractivity contribution in [2.75, 3.05) is 11.4 Å². The number of benzene rings is 1. The molecule has 1 aliphatic rings. The molecule has 1 atom stereocenters. The number of primary amides is 1. The Labute approximate surface area is 122 Å². The Morgan fingerprint density at radius 2 is 2.05 bits per heavy atom. The van der Waals surface area contributed by atoms with Gasteiger partial charge in [-0.3, -0.25) is 14.5 Å². The number of anilines is 1. The van der Waals surface area contributed by atoms with Crippen molar-refractivity contribution in [2.45, 2.75) is 13.3 Å². The summed E-state index contributed by atoms with van der Waals surface area (Å²) in [5, 5.41) is 4.44. The maximum absolute atomic E-state index is 12.2. The highest BCUT2D eigenvalue weighted by atomic mass is 16.2. The molecule has 0 spiro atoms. The SMILES string of the molecule is Cc1cc(N2CC(C(N)=O)CC2=O)n(-c2ccccc2)n1. The van der Waals surface area contributed by atoms with Gasteiger partial charge >= 0.3 is 0 Å². The minimum atomic E-state index is -0.437. The average molecular weight is 284 g/mol. The van der Waals surface area contributed by atoms with Crippen LogP contribution in [-0.2, 0) is 9.59 Å². The van der Waals surface area contributed by atoms with Gasteiger partial charge in [-0.15, -0.1) is 0 Å². The number of hydrogen-bond donors (Lipinski definition) is 1. The van der Waals surface area contributed by atoms with E-state index in [1.807, 2.05) is 43.3 Å². The van der Waals surface area contributed by atoms with Crippen molar-refractivity contribution in [1.29, 1.82) is 0 Å². The van der Waals surface area contributed by atoms with Crippen LogP contribution < -0.4 is 10.6 Å². The zero-order valence-electron chi connectivity index (χ0n) is 11.7. The largest absolute Gasteiger partial charge is 0.369 e. The molecule has 6 heteroatoms. The summed E-state index contributed by atoms with van der Waals surface area (Å²) in [6.07, 6.45) is 0.161. The van der Waals surface area contributed by atoms with E-state index in [1.165, 1.54) is 0 Å². The first-order valence-corrected chi connectivity index (χ1v) is 6.78. The molecule has 6 nitrogen and oxygen atoms in total. The van der Waals surface area contributed by atoms with E-state index in [-0.39, 0.29) is 12.3 Å². The van der Waals surface area contributed by atoms with Crippen molar-refractivity contribution in [3.63, 3.8) is 0 Å². The van der Waals surface area contributed by atoms with Gasteiger partial charge in [0, 0.05) is 19.0 Å².